The molecule has 0 radical (unpaired) electrons. The summed E-state index contributed by atoms with van der Waals surface area (Å²) in [5.74, 6) is 0.887. The smallest absolute Gasteiger partial charge is 0.247 e. The van der Waals surface area contributed by atoms with Crippen molar-refractivity contribution in [1.82, 2.24) is 39.1 Å². The van der Waals surface area contributed by atoms with E-state index in [0.29, 0.717) is 18.4 Å². The van der Waals surface area contributed by atoms with Gasteiger partial charge in [-0.25, -0.2) is 12.9 Å². The summed E-state index contributed by atoms with van der Waals surface area (Å²) in [4.78, 5) is 7.03. The molecule has 5 aromatic rings. The van der Waals surface area contributed by atoms with Gasteiger partial charge in [0.15, 0.2) is 15.5 Å². The maximum atomic E-state index is 11.9. The Kier molecular flexibility index (Phi) is 5.48. The fourth-order valence-electron chi connectivity index (χ4n) is 5.54. The molecule has 1 unspecified atom stereocenters. The van der Waals surface area contributed by atoms with Gasteiger partial charge in [-0.1, -0.05) is 12.1 Å². The number of pyridine rings is 1. The van der Waals surface area contributed by atoms with Gasteiger partial charge in [0.05, 0.1) is 46.7 Å². The second-order valence-electron chi connectivity index (χ2n) is 10.4. The largest absolute Gasteiger partial charge is 0.320 e. The van der Waals surface area contributed by atoms with Gasteiger partial charge in [-0.15, -0.1) is 5.10 Å². The Balaban J connectivity index is 1.15. The number of sulfone groups is 1. The average Bonchev–Trinajstić information content (AvgIpc) is 3.69. The second kappa shape index (κ2) is 8.91. The van der Waals surface area contributed by atoms with E-state index in [2.05, 4.69) is 38.5 Å². The fraction of sp³-hybridized carbons (Fsp3) is 0.385. The number of rotatable bonds is 5. The molecule has 6 heterocycles. The number of piperidine rings is 1. The van der Waals surface area contributed by atoms with E-state index in [9.17, 15) is 8.42 Å². The van der Waals surface area contributed by atoms with E-state index in [0.717, 1.165) is 59.4 Å². The van der Waals surface area contributed by atoms with Crippen molar-refractivity contribution < 1.29 is 8.42 Å². The summed E-state index contributed by atoms with van der Waals surface area (Å²) in [5.41, 5.74) is 4.33. The summed E-state index contributed by atoms with van der Waals surface area (Å²) in [6.07, 6.45) is 8.60. The fourth-order valence-corrected chi connectivity index (χ4v) is 7.25. The Hall–Kier alpha value is -3.77. The summed E-state index contributed by atoms with van der Waals surface area (Å²) < 4.78 is 29.5. The number of hydrogen-bond acceptors (Lipinski definition) is 8. The number of anilines is 2. The molecule has 12 heteroatoms. The van der Waals surface area contributed by atoms with Crippen LogP contribution in [0.25, 0.3) is 27.8 Å². The molecule has 0 aliphatic carbocycles. The number of hydrogen-bond donors (Lipinski definition) is 1. The van der Waals surface area contributed by atoms with Crippen LogP contribution in [0.4, 0.5) is 11.6 Å². The number of benzene rings is 1. The Labute approximate surface area is 220 Å². The monoisotopic (exact) mass is 531 g/mol. The lowest BCUT2D eigenvalue weighted by Gasteiger charge is -2.28. The minimum atomic E-state index is -2.98. The van der Waals surface area contributed by atoms with Crippen LogP contribution < -0.4 is 5.32 Å². The van der Waals surface area contributed by atoms with Crippen LogP contribution in [0.15, 0.2) is 55.0 Å². The van der Waals surface area contributed by atoms with Crippen LogP contribution in [0.5, 0.6) is 0 Å². The van der Waals surface area contributed by atoms with Crippen molar-refractivity contribution in [2.45, 2.75) is 31.3 Å². The van der Waals surface area contributed by atoms with E-state index in [1.165, 1.54) is 0 Å². The van der Waals surface area contributed by atoms with E-state index in [1.807, 2.05) is 62.8 Å². The summed E-state index contributed by atoms with van der Waals surface area (Å²) in [5, 5.41) is 18.2. The van der Waals surface area contributed by atoms with Gasteiger partial charge in [-0.05, 0) is 63.7 Å². The van der Waals surface area contributed by atoms with E-state index >= 15 is 0 Å². The maximum absolute atomic E-state index is 11.9. The molecule has 196 valence electrons. The van der Waals surface area contributed by atoms with Crippen molar-refractivity contribution in [3.63, 3.8) is 0 Å². The lowest BCUT2D eigenvalue weighted by molar-refractivity contribution is 0.212. The van der Waals surface area contributed by atoms with E-state index in [4.69, 9.17) is 5.10 Å². The van der Waals surface area contributed by atoms with Crippen LogP contribution in [0.3, 0.4) is 0 Å². The molecular formula is C26H29N9O2S. The quantitative estimate of drug-likeness (QED) is 0.367. The molecule has 11 nitrogen and oxygen atoms in total. The highest BCUT2D eigenvalue weighted by Gasteiger charge is 2.29. The number of nitrogens with zero attached hydrogens (tertiary/aromatic N) is 8. The molecule has 2 aliphatic heterocycles. The van der Waals surface area contributed by atoms with Crippen molar-refractivity contribution in [2.75, 3.05) is 37.0 Å². The van der Waals surface area contributed by atoms with Crippen LogP contribution >= 0.6 is 0 Å². The molecule has 1 atom stereocenters. The summed E-state index contributed by atoms with van der Waals surface area (Å²) in [6, 6.07) is 12.3. The van der Waals surface area contributed by atoms with Crippen molar-refractivity contribution in [3.05, 3.63) is 55.0 Å². The van der Waals surface area contributed by atoms with Gasteiger partial charge >= 0.3 is 0 Å². The topological polar surface area (TPSA) is 115 Å². The van der Waals surface area contributed by atoms with Crippen LogP contribution in [0.2, 0.25) is 0 Å². The Morgan fingerprint density at radius 2 is 1.84 bits per heavy atom. The highest BCUT2D eigenvalue weighted by molar-refractivity contribution is 7.91. The lowest BCUT2D eigenvalue weighted by atomic mass is 10.1. The molecule has 2 aliphatic rings. The predicted molar refractivity (Wildman–Crippen MR) is 145 cm³/mol. The highest BCUT2D eigenvalue weighted by atomic mass is 32.2. The van der Waals surface area contributed by atoms with Crippen LogP contribution in [0, 0.1) is 0 Å². The first kappa shape index (κ1) is 23.4. The second-order valence-corrected chi connectivity index (χ2v) is 12.7. The average molecular weight is 532 g/mol. The molecule has 7 rings (SSSR count). The van der Waals surface area contributed by atoms with Crippen LogP contribution in [0.1, 0.15) is 31.3 Å². The van der Waals surface area contributed by atoms with Gasteiger partial charge in [0.2, 0.25) is 5.95 Å². The van der Waals surface area contributed by atoms with Crippen molar-refractivity contribution in [1.29, 1.82) is 0 Å². The Morgan fingerprint density at radius 1 is 0.974 bits per heavy atom. The first-order valence-electron chi connectivity index (χ1n) is 13.0. The first-order valence-corrected chi connectivity index (χ1v) is 14.8. The third-order valence-electron chi connectivity index (χ3n) is 7.68. The number of aromatic nitrogens is 7. The Morgan fingerprint density at radius 3 is 2.66 bits per heavy atom. The Bertz CT molecular complexity index is 1740. The summed E-state index contributed by atoms with van der Waals surface area (Å²) in [7, 11) is -0.817. The molecule has 2 fully saturated rings. The number of nitrogens with one attached hydrogen (secondary N) is 1. The normalized spacial score (nSPS) is 20.5. The lowest BCUT2D eigenvalue weighted by Crippen LogP contribution is -2.31. The van der Waals surface area contributed by atoms with Gasteiger partial charge in [-0.3, -0.25) is 9.36 Å². The minimum Gasteiger partial charge on any atom is -0.320 e. The third-order valence-corrected chi connectivity index (χ3v) is 9.43. The van der Waals surface area contributed by atoms with Gasteiger partial charge < -0.3 is 10.2 Å². The van der Waals surface area contributed by atoms with Gasteiger partial charge in [0, 0.05) is 23.3 Å². The standard InChI is InChI=1S/C26H29N9O2S/c1-32-10-7-21(8-11-32)33-16-20(14-27-33)28-26-29-25-4-2-3-24(35(25)31-26)18-5-6-23-19(13-18)15-34(30-23)22-9-12-38(36,37)17-22/h2-6,13-16,21-22H,7-12,17H2,1H3,(H,28,31). The SMILES string of the molecule is CN1CCC(n2cc(Nc3nc4cccc(-c5ccc6nn(C7CCS(=O)(=O)C7)cc6c5)n4n3)cn2)CC1. The van der Waals surface area contributed by atoms with Crippen LogP contribution in [-0.2, 0) is 9.84 Å². The van der Waals surface area contributed by atoms with Crippen molar-refractivity contribution >= 4 is 38.0 Å². The van der Waals surface area contributed by atoms with E-state index < -0.39 is 9.84 Å². The summed E-state index contributed by atoms with van der Waals surface area (Å²) in [6.45, 7) is 2.16. The number of fused-ring (bicyclic) bond motifs is 2. The third kappa shape index (κ3) is 4.33. The van der Waals surface area contributed by atoms with Crippen molar-refractivity contribution in [3.8, 4) is 11.3 Å². The van der Waals surface area contributed by atoms with Gasteiger partial charge in [0.25, 0.3) is 0 Å². The summed E-state index contributed by atoms with van der Waals surface area (Å²) >= 11 is 0. The molecule has 1 N–H and O–H groups in total. The first-order chi connectivity index (χ1) is 18.4. The zero-order valence-corrected chi connectivity index (χ0v) is 21.9. The molecule has 1 aromatic carbocycles. The van der Waals surface area contributed by atoms with E-state index in [-0.39, 0.29) is 17.5 Å². The van der Waals surface area contributed by atoms with Gasteiger partial charge in [0.1, 0.15) is 0 Å². The molecule has 2 saturated heterocycles. The molecule has 0 bridgehead atoms. The zero-order valence-electron chi connectivity index (χ0n) is 21.1. The zero-order chi connectivity index (χ0) is 25.9. The maximum Gasteiger partial charge on any atom is 0.247 e. The molecule has 0 spiro atoms. The molecule has 4 aromatic heterocycles. The van der Waals surface area contributed by atoms with Gasteiger partial charge in [-0.2, -0.15) is 15.2 Å². The van der Waals surface area contributed by atoms with Crippen molar-refractivity contribution in [2.24, 2.45) is 0 Å². The molecule has 0 amide bonds. The highest BCUT2D eigenvalue weighted by Crippen LogP contribution is 2.29. The molecule has 0 saturated carbocycles. The number of likely N-dealkylation sites (tertiary alicyclic amines) is 1. The minimum absolute atomic E-state index is 0.105. The van der Waals surface area contributed by atoms with Crippen LogP contribution in [-0.4, -0.2) is 79.1 Å². The molecule has 38 heavy (non-hydrogen) atoms. The van der Waals surface area contributed by atoms with E-state index in [1.54, 1.807) is 0 Å². The predicted octanol–water partition coefficient (Wildman–Crippen LogP) is 3.31. The molecular weight excluding hydrogens is 502 g/mol.